The van der Waals surface area contributed by atoms with Gasteiger partial charge < -0.3 is 20.6 Å². The van der Waals surface area contributed by atoms with Gasteiger partial charge in [0.25, 0.3) is 0 Å². The molecular formula is C15H18Cl2N2O3. The molecule has 0 aliphatic heterocycles. The van der Waals surface area contributed by atoms with Gasteiger partial charge in [0.1, 0.15) is 0 Å². The van der Waals surface area contributed by atoms with Crippen LogP contribution in [0.15, 0.2) is 41.2 Å². The Labute approximate surface area is 139 Å². The molecule has 0 saturated carbocycles. The molecule has 7 heteroatoms. The second-order valence-corrected chi connectivity index (χ2v) is 5.16. The summed E-state index contributed by atoms with van der Waals surface area (Å²) in [7, 11) is 0. The molecule has 0 spiro atoms. The van der Waals surface area contributed by atoms with Crippen LogP contribution in [-0.2, 0) is 11.3 Å². The lowest BCUT2D eigenvalue weighted by molar-refractivity contribution is -0.137. The summed E-state index contributed by atoms with van der Waals surface area (Å²) in [5.41, 5.74) is 8.27. The largest absolute Gasteiger partial charge is 0.481 e. The third-order valence-electron chi connectivity index (χ3n) is 3.23. The van der Waals surface area contributed by atoms with E-state index in [0.717, 1.165) is 16.8 Å². The number of hydrogen-bond acceptors (Lipinski definition) is 4. The SMILES string of the molecule is Cl.NC[C@H](CC(=O)O)c1ccc(Cl)c(NCc2ccoc2)c1. The van der Waals surface area contributed by atoms with Gasteiger partial charge in [0.15, 0.2) is 0 Å². The number of aliphatic carboxylic acids is 1. The number of benzene rings is 1. The maximum Gasteiger partial charge on any atom is 0.304 e. The van der Waals surface area contributed by atoms with Gasteiger partial charge in [-0.15, -0.1) is 12.4 Å². The van der Waals surface area contributed by atoms with Crippen LogP contribution < -0.4 is 11.1 Å². The van der Waals surface area contributed by atoms with Crippen molar-refractivity contribution in [2.75, 3.05) is 11.9 Å². The lowest BCUT2D eigenvalue weighted by atomic mass is 9.95. The Morgan fingerprint density at radius 2 is 2.18 bits per heavy atom. The third kappa shape index (κ3) is 4.94. The number of nitrogens with one attached hydrogen (secondary N) is 1. The highest BCUT2D eigenvalue weighted by atomic mass is 35.5. The quantitative estimate of drug-likeness (QED) is 0.715. The van der Waals surface area contributed by atoms with Gasteiger partial charge in [-0.25, -0.2) is 0 Å². The van der Waals surface area contributed by atoms with E-state index in [1.165, 1.54) is 0 Å². The van der Waals surface area contributed by atoms with Crippen LogP contribution in [0.25, 0.3) is 0 Å². The molecular weight excluding hydrogens is 327 g/mol. The highest BCUT2D eigenvalue weighted by Gasteiger charge is 2.15. The average Bonchev–Trinajstić information content (AvgIpc) is 2.97. The second-order valence-electron chi connectivity index (χ2n) is 4.75. The Bertz CT molecular complexity index is 603. The highest BCUT2D eigenvalue weighted by molar-refractivity contribution is 6.33. The van der Waals surface area contributed by atoms with Gasteiger partial charge >= 0.3 is 5.97 Å². The van der Waals surface area contributed by atoms with Gasteiger partial charge in [-0.1, -0.05) is 17.7 Å². The fourth-order valence-electron chi connectivity index (χ4n) is 2.07. The number of halogens is 2. The summed E-state index contributed by atoms with van der Waals surface area (Å²) in [4.78, 5) is 10.9. The van der Waals surface area contributed by atoms with Crippen molar-refractivity contribution in [2.24, 2.45) is 5.73 Å². The van der Waals surface area contributed by atoms with Crippen molar-refractivity contribution in [3.8, 4) is 0 Å². The van der Waals surface area contributed by atoms with Gasteiger partial charge in [-0.3, -0.25) is 4.79 Å². The van der Waals surface area contributed by atoms with Crippen molar-refractivity contribution in [3.63, 3.8) is 0 Å². The summed E-state index contributed by atoms with van der Waals surface area (Å²) < 4.78 is 5.00. The minimum Gasteiger partial charge on any atom is -0.481 e. The zero-order chi connectivity index (χ0) is 15.2. The van der Waals surface area contributed by atoms with Crippen LogP contribution in [0.1, 0.15) is 23.5 Å². The van der Waals surface area contributed by atoms with Gasteiger partial charge in [0.2, 0.25) is 0 Å². The van der Waals surface area contributed by atoms with Crippen molar-refractivity contribution in [1.82, 2.24) is 0 Å². The number of nitrogens with two attached hydrogens (primary N) is 1. The predicted octanol–water partition coefficient (Wildman–Crippen LogP) is 3.48. The standard InChI is InChI=1S/C15H17ClN2O3.ClH/c16-13-2-1-11(12(7-17)6-15(19)20)5-14(13)18-8-10-3-4-21-9-10;/h1-5,9,12,18H,6-8,17H2,(H,19,20);1H/t12-;/m0./s1. The number of anilines is 1. The molecule has 120 valence electrons. The van der Waals surface area contributed by atoms with Crippen LogP contribution in [0.4, 0.5) is 5.69 Å². The number of carboxylic acid groups (broad SMARTS) is 1. The van der Waals surface area contributed by atoms with E-state index in [2.05, 4.69) is 5.32 Å². The molecule has 1 aromatic carbocycles. The van der Waals surface area contributed by atoms with Crippen LogP contribution in [0.3, 0.4) is 0 Å². The molecule has 0 unspecified atom stereocenters. The van der Waals surface area contributed by atoms with Crippen molar-refractivity contribution >= 4 is 35.7 Å². The van der Waals surface area contributed by atoms with Crippen molar-refractivity contribution in [3.05, 3.63) is 52.9 Å². The van der Waals surface area contributed by atoms with E-state index in [0.29, 0.717) is 11.6 Å². The zero-order valence-electron chi connectivity index (χ0n) is 11.8. The minimum absolute atomic E-state index is 0. The fourth-order valence-corrected chi connectivity index (χ4v) is 2.26. The average molecular weight is 345 g/mol. The summed E-state index contributed by atoms with van der Waals surface area (Å²) in [6.45, 7) is 0.848. The maximum atomic E-state index is 10.9. The van der Waals surface area contributed by atoms with Crippen LogP contribution >= 0.6 is 24.0 Å². The summed E-state index contributed by atoms with van der Waals surface area (Å²) in [6.07, 6.45) is 3.25. The molecule has 2 rings (SSSR count). The van der Waals surface area contributed by atoms with E-state index >= 15 is 0 Å². The van der Waals surface area contributed by atoms with Crippen molar-refractivity contribution in [2.45, 2.75) is 18.9 Å². The first-order valence-corrected chi connectivity index (χ1v) is 6.94. The fraction of sp³-hybridized carbons (Fsp3) is 0.267. The number of carbonyl (C=O) groups is 1. The van der Waals surface area contributed by atoms with E-state index in [1.54, 1.807) is 18.6 Å². The van der Waals surface area contributed by atoms with Crippen LogP contribution in [0.5, 0.6) is 0 Å². The predicted molar refractivity (Wildman–Crippen MR) is 88.8 cm³/mol. The van der Waals surface area contributed by atoms with Gasteiger partial charge in [0.05, 0.1) is 29.7 Å². The van der Waals surface area contributed by atoms with Crippen molar-refractivity contribution < 1.29 is 14.3 Å². The molecule has 5 nitrogen and oxygen atoms in total. The topological polar surface area (TPSA) is 88.5 Å². The molecule has 0 saturated heterocycles. The molecule has 0 aliphatic carbocycles. The first-order chi connectivity index (χ1) is 10.1. The Kier molecular flexibility index (Phi) is 7.24. The van der Waals surface area contributed by atoms with E-state index in [4.69, 9.17) is 26.9 Å². The smallest absolute Gasteiger partial charge is 0.304 e. The van der Waals surface area contributed by atoms with E-state index < -0.39 is 5.97 Å². The molecule has 1 atom stereocenters. The molecule has 22 heavy (non-hydrogen) atoms. The second kappa shape index (κ2) is 8.68. The number of rotatable bonds is 7. The Hall–Kier alpha value is -1.69. The molecule has 1 aromatic heterocycles. The number of furan rings is 1. The zero-order valence-corrected chi connectivity index (χ0v) is 13.4. The van der Waals surface area contributed by atoms with Gasteiger partial charge in [0, 0.05) is 18.0 Å². The molecule has 0 bridgehead atoms. The Morgan fingerprint density at radius 1 is 1.41 bits per heavy atom. The summed E-state index contributed by atoms with van der Waals surface area (Å²) in [6, 6.07) is 7.27. The highest BCUT2D eigenvalue weighted by Crippen LogP contribution is 2.28. The van der Waals surface area contributed by atoms with Gasteiger partial charge in [-0.2, -0.15) is 0 Å². The van der Waals surface area contributed by atoms with E-state index in [9.17, 15) is 4.79 Å². The number of carboxylic acids is 1. The van der Waals surface area contributed by atoms with Crippen LogP contribution in [-0.4, -0.2) is 17.6 Å². The molecule has 1 heterocycles. The summed E-state index contributed by atoms with van der Waals surface area (Å²) in [5, 5.41) is 12.7. The molecule has 0 radical (unpaired) electrons. The van der Waals surface area contributed by atoms with Crippen LogP contribution in [0, 0.1) is 0 Å². The van der Waals surface area contributed by atoms with Crippen LogP contribution in [0.2, 0.25) is 5.02 Å². The van der Waals surface area contributed by atoms with E-state index in [-0.39, 0.29) is 31.3 Å². The van der Waals surface area contributed by atoms with Gasteiger partial charge in [-0.05, 0) is 30.3 Å². The molecule has 0 fully saturated rings. The molecule has 4 N–H and O–H groups in total. The summed E-state index contributed by atoms with van der Waals surface area (Å²) in [5.74, 6) is -1.09. The monoisotopic (exact) mass is 344 g/mol. The Balaban J connectivity index is 0.00000242. The third-order valence-corrected chi connectivity index (χ3v) is 3.56. The number of hydrogen-bond donors (Lipinski definition) is 3. The van der Waals surface area contributed by atoms with E-state index in [1.807, 2.05) is 18.2 Å². The maximum absolute atomic E-state index is 10.9. The lowest BCUT2D eigenvalue weighted by Gasteiger charge is -2.15. The van der Waals surface area contributed by atoms with Crippen molar-refractivity contribution in [1.29, 1.82) is 0 Å². The molecule has 0 amide bonds. The summed E-state index contributed by atoms with van der Waals surface area (Å²) >= 11 is 6.16. The Morgan fingerprint density at radius 3 is 2.77 bits per heavy atom. The minimum atomic E-state index is -0.867. The normalized spacial score (nSPS) is 11.5. The lowest BCUT2D eigenvalue weighted by Crippen LogP contribution is -2.16. The first kappa shape index (κ1) is 18.4. The molecule has 2 aromatic rings. The molecule has 0 aliphatic rings. The first-order valence-electron chi connectivity index (χ1n) is 6.56.